The summed E-state index contributed by atoms with van der Waals surface area (Å²) in [5.41, 5.74) is 1.40. The molecule has 0 aliphatic heterocycles. The summed E-state index contributed by atoms with van der Waals surface area (Å²) in [6.07, 6.45) is 8.52. The molecule has 2 heteroatoms. The molecule has 0 spiro atoms. The predicted octanol–water partition coefficient (Wildman–Crippen LogP) is 4.06. The van der Waals surface area contributed by atoms with Gasteiger partial charge in [-0.25, -0.2) is 0 Å². The van der Waals surface area contributed by atoms with Crippen molar-refractivity contribution in [3.05, 3.63) is 12.2 Å². The Kier molecular flexibility index (Phi) is 6.95. The molecule has 0 radical (unpaired) electrons. The van der Waals surface area contributed by atoms with Crippen LogP contribution in [0.2, 0.25) is 0 Å². The van der Waals surface area contributed by atoms with Crippen LogP contribution in [0.3, 0.4) is 0 Å². The van der Waals surface area contributed by atoms with Gasteiger partial charge < -0.3 is 10.1 Å². The molecule has 18 heavy (non-hydrogen) atoms. The summed E-state index contributed by atoms with van der Waals surface area (Å²) >= 11 is 0. The normalized spacial score (nSPS) is 20.6. The van der Waals surface area contributed by atoms with Gasteiger partial charge in [0, 0.05) is 12.6 Å². The van der Waals surface area contributed by atoms with Gasteiger partial charge in [0.05, 0.1) is 5.60 Å². The molecule has 1 atom stereocenters. The van der Waals surface area contributed by atoms with Gasteiger partial charge >= 0.3 is 0 Å². The highest BCUT2D eigenvalue weighted by Gasteiger charge is 2.40. The molecule has 1 unspecified atom stereocenters. The van der Waals surface area contributed by atoms with Crippen LogP contribution < -0.4 is 5.32 Å². The van der Waals surface area contributed by atoms with E-state index in [4.69, 9.17) is 4.74 Å². The van der Waals surface area contributed by atoms with Crippen LogP contribution in [0.15, 0.2) is 12.2 Å². The third-order valence-corrected chi connectivity index (χ3v) is 4.21. The molecule has 0 heterocycles. The van der Waals surface area contributed by atoms with E-state index in [2.05, 4.69) is 32.7 Å². The molecule has 1 rings (SSSR count). The number of hydrogen-bond acceptors (Lipinski definition) is 2. The summed E-state index contributed by atoms with van der Waals surface area (Å²) in [6, 6.07) is 0.440. The van der Waals surface area contributed by atoms with E-state index in [0.29, 0.717) is 6.04 Å². The van der Waals surface area contributed by atoms with Gasteiger partial charge in [0.25, 0.3) is 0 Å². The van der Waals surface area contributed by atoms with Gasteiger partial charge in [-0.15, -0.1) is 0 Å². The quantitative estimate of drug-likeness (QED) is 0.659. The summed E-state index contributed by atoms with van der Waals surface area (Å²) in [6.45, 7) is 12.5. The van der Waals surface area contributed by atoms with E-state index in [9.17, 15) is 0 Å². The van der Waals surface area contributed by atoms with Crippen molar-refractivity contribution in [2.45, 2.75) is 77.4 Å². The van der Waals surface area contributed by atoms with Gasteiger partial charge in [-0.1, -0.05) is 45.3 Å². The maximum absolute atomic E-state index is 6.23. The second kappa shape index (κ2) is 7.96. The zero-order valence-corrected chi connectivity index (χ0v) is 12.6. The topological polar surface area (TPSA) is 21.3 Å². The SMILES string of the molecule is C=C(CC)CC(NCC)C1(OCC)CCCCC1. The van der Waals surface area contributed by atoms with Gasteiger partial charge in [0.2, 0.25) is 0 Å². The fraction of sp³-hybridized carbons (Fsp3) is 0.875. The fourth-order valence-corrected chi connectivity index (χ4v) is 3.15. The van der Waals surface area contributed by atoms with Crippen LogP contribution in [0.1, 0.15) is 65.7 Å². The summed E-state index contributed by atoms with van der Waals surface area (Å²) in [5, 5.41) is 3.66. The van der Waals surface area contributed by atoms with Crippen molar-refractivity contribution in [2.24, 2.45) is 0 Å². The van der Waals surface area contributed by atoms with Crippen LogP contribution in [0.5, 0.6) is 0 Å². The standard InChI is InChI=1S/C16H31NO/c1-5-14(4)13-15(17-6-2)16(18-7-3)11-9-8-10-12-16/h15,17H,4-13H2,1-3H3. The summed E-state index contributed by atoms with van der Waals surface area (Å²) in [4.78, 5) is 0. The number of likely N-dealkylation sites (N-methyl/N-ethyl adjacent to an activating group) is 1. The van der Waals surface area contributed by atoms with Crippen LogP contribution in [-0.2, 0) is 4.74 Å². The molecule has 106 valence electrons. The summed E-state index contributed by atoms with van der Waals surface area (Å²) in [5.74, 6) is 0. The monoisotopic (exact) mass is 253 g/mol. The molecule has 1 fully saturated rings. The molecule has 2 nitrogen and oxygen atoms in total. The molecule has 1 saturated carbocycles. The van der Waals surface area contributed by atoms with Crippen molar-refractivity contribution in [2.75, 3.05) is 13.2 Å². The average molecular weight is 253 g/mol. The Balaban J connectivity index is 2.78. The molecule has 1 aliphatic rings. The molecule has 1 N–H and O–H groups in total. The van der Waals surface area contributed by atoms with Crippen LogP contribution in [-0.4, -0.2) is 24.8 Å². The first-order valence-electron chi connectivity index (χ1n) is 7.72. The Morgan fingerprint density at radius 2 is 1.89 bits per heavy atom. The average Bonchev–Trinajstić information content (AvgIpc) is 2.39. The zero-order chi connectivity index (χ0) is 13.4. The molecular weight excluding hydrogens is 222 g/mol. The van der Waals surface area contributed by atoms with E-state index in [1.54, 1.807) is 0 Å². The first kappa shape index (κ1) is 15.7. The minimum absolute atomic E-state index is 0.0567. The largest absolute Gasteiger partial charge is 0.374 e. The molecular formula is C16H31NO. The number of rotatable bonds is 8. The van der Waals surface area contributed by atoms with E-state index >= 15 is 0 Å². The minimum Gasteiger partial charge on any atom is -0.374 e. The predicted molar refractivity (Wildman–Crippen MR) is 79.0 cm³/mol. The van der Waals surface area contributed by atoms with Gasteiger partial charge in [0.15, 0.2) is 0 Å². The molecule has 0 aromatic heterocycles. The Bertz CT molecular complexity index is 238. The van der Waals surface area contributed by atoms with Gasteiger partial charge in [-0.2, -0.15) is 0 Å². The number of ether oxygens (including phenoxy) is 1. The highest BCUT2D eigenvalue weighted by atomic mass is 16.5. The Labute approximate surface area is 113 Å². The lowest BCUT2D eigenvalue weighted by Gasteiger charge is -2.44. The van der Waals surface area contributed by atoms with E-state index < -0.39 is 0 Å². The molecule has 1 aliphatic carbocycles. The van der Waals surface area contributed by atoms with E-state index in [0.717, 1.165) is 26.0 Å². The van der Waals surface area contributed by atoms with E-state index in [1.165, 1.54) is 37.7 Å². The lowest BCUT2D eigenvalue weighted by molar-refractivity contribution is -0.0895. The minimum atomic E-state index is 0.0567. The van der Waals surface area contributed by atoms with Gasteiger partial charge in [-0.3, -0.25) is 0 Å². The maximum atomic E-state index is 6.23. The second-order valence-corrected chi connectivity index (χ2v) is 5.48. The lowest BCUT2D eigenvalue weighted by atomic mass is 9.76. The van der Waals surface area contributed by atoms with Crippen LogP contribution >= 0.6 is 0 Å². The van der Waals surface area contributed by atoms with E-state index in [-0.39, 0.29) is 5.60 Å². The van der Waals surface area contributed by atoms with Crippen molar-refractivity contribution in [3.63, 3.8) is 0 Å². The first-order chi connectivity index (χ1) is 8.68. The third kappa shape index (κ3) is 4.10. The molecule has 0 saturated heterocycles. The van der Waals surface area contributed by atoms with Crippen LogP contribution in [0.4, 0.5) is 0 Å². The summed E-state index contributed by atoms with van der Waals surface area (Å²) < 4.78 is 6.23. The zero-order valence-electron chi connectivity index (χ0n) is 12.6. The molecule has 0 amide bonds. The highest BCUT2D eigenvalue weighted by Crippen LogP contribution is 2.36. The number of hydrogen-bond donors (Lipinski definition) is 1. The summed E-state index contributed by atoms with van der Waals surface area (Å²) in [7, 11) is 0. The Morgan fingerprint density at radius 3 is 2.39 bits per heavy atom. The van der Waals surface area contributed by atoms with Crippen molar-refractivity contribution in [1.29, 1.82) is 0 Å². The molecule has 0 aromatic carbocycles. The smallest absolute Gasteiger partial charge is 0.0837 e. The van der Waals surface area contributed by atoms with Crippen molar-refractivity contribution >= 4 is 0 Å². The van der Waals surface area contributed by atoms with Crippen molar-refractivity contribution in [3.8, 4) is 0 Å². The van der Waals surface area contributed by atoms with Gasteiger partial charge in [-0.05, 0) is 39.2 Å². The van der Waals surface area contributed by atoms with Gasteiger partial charge in [0.1, 0.15) is 0 Å². The Morgan fingerprint density at radius 1 is 1.22 bits per heavy atom. The second-order valence-electron chi connectivity index (χ2n) is 5.48. The first-order valence-corrected chi connectivity index (χ1v) is 7.72. The highest BCUT2D eigenvalue weighted by molar-refractivity contribution is 5.04. The third-order valence-electron chi connectivity index (χ3n) is 4.21. The Hall–Kier alpha value is -0.340. The lowest BCUT2D eigenvalue weighted by Crippen LogP contribution is -2.53. The maximum Gasteiger partial charge on any atom is 0.0837 e. The molecule has 0 bridgehead atoms. The van der Waals surface area contributed by atoms with Crippen molar-refractivity contribution in [1.82, 2.24) is 5.32 Å². The molecule has 0 aromatic rings. The van der Waals surface area contributed by atoms with Crippen LogP contribution in [0.25, 0.3) is 0 Å². The van der Waals surface area contributed by atoms with Crippen LogP contribution in [0, 0.1) is 0 Å². The van der Waals surface area contributed by atoms with E-state index in [1.807, 2.05) is 0 Å². The fourth-order valence-electron chi connectivity index (χ4n) is 3.15. The van der Waals surface area contributed by atoms with Crippen molar-refractivity contribution < 1.29 is 4.74 Å². The number of nitrogens with one attached hydrogen (secondary N) is 1.